The summed E-state index contributed by atoms with van der Waals surface area (Å²) < 4.78 is 5.62. The molecule has 1 aromatic rings. The zero-order valence-electron chi connectivity index (χ0n) is 12.9. The van der Waals surface area contributed by atoms with Crippen LogP contribution in [-0.2, 0) is 11.2 Å². The molecule has 21 heavy (non-hydrogen) atoms. The van der Waals surface area contributed by atoms with Gasteiger partial charge in [0.1, 0.15) is 0 Å². The summed E-state index contributed by atoms with van der Waals surface area (Å²) in [5, 5.41) is 3.11. The van der Waals surface area contributed by atoms with Gasteiger partial charge in [-0.25, -0.2) is 0 Å². The van der Waals surface area contributed by atoms with E-state index in [2.05, 4.69) is 41.5 Å². The monoisotopic (exact) mass is 405 g/mol. The third kappa shape index (κ3) is 11.5. The number of nitrogens with two attached hydrogens (primary N) is 1. The van der Waals surface area contributed by atoms with E-state index in [1.807, 2.05) is 6.07 Å². The average molecular weight is 405 g/mol. The molecule has 0 amide bonds. The maximum Gasteiger partial charge on any atom is 0.188 e. The number of benzene rings is 1. The van der Waals surface area contributed by atoms with Crippen molar-refractivity contribution in [1.29, 1.82) is 0 Å². The number of aliphatic imine (C=N–C) groups is 1. The summed E-state index contributed by atoms with van der Waals surface area (Å²) in [6.07, 6.45) is 4.10. The lowest BCUT2D eigenvalue weighted by Gasteiger charge is -2.06. The van der Waals surface area contributed by atoms with E-state index in [0.717, 1.165) is 52.0 Å². The molecule has 1 rings (SSSR count). The fourth-order valence-electron chi connectivity index (χ4n) is 1.77. The van der Waals surface area contributed by atoms with Crippen LogP contribution in [0.15, 0.2) is 35.3 Å². The van der Waals surface area contributed by atoms with Crippen LogP contribution in [0.2, 0.25) is 0 Å². The van der Waals surface area contributed by atoms with Crippen LogP contribution in [0.5, 0.6) is 0 Å². The molecule has 0 unspecified atom stereocenters. The topological polar surface area (TPSA) is 59.6 Å². The van der Waals surface area contributed by atoms with Gasteiger partial charge in [-0.15, -0.1) is 24.0 Å². The average Bonchev–Trinajstić information content (AvgIpc) is 2.49. The lowest BCUT2D eigenvalue weighted by atomic mass is 10.2. The molecule has 0 atom stereocenters. The number of guanidine groups is 1. The minimum absolute atomic E-state index is 0. The van der Waals surface area contributed by atoms with Crippen molar-refractivity contribution >= 4 is 29.9 Å². The van der Waals surface area contributed by atoms with Crippen molar-refractivity contribution in [2.75, 3.05) is 26.3 Å². The highest BCUT2D eigenvalue weighted by molar-refractivity contribution is 14.0. The molecule has 4 nitrogen and oxygen atoms in total. The van der Waals surface area contributed by atoms with Crippen molar-refractivity contribution in [3.8, 4) is 0 Å². The molecule has 0 saturated carbocycles. The SMILES string of the molecule is CCCN=C(N)NCCCCOCCc1ccccc1.I. The van der Waals surface area contributed by atoms with Crippen LogP contribution in [0, 0.1) is 0 Å². The van der Waals surface area contributed by atoms with E-state index in [4.69, 9.17) is 10.5 Å². The molecule has 0 spiro atoms. The number of ether oxygens (including phenoxy) is 1. The minimum Gasteiger partial charge on any atom is -0.381 e. The van der Waals surface area contributed by atoms with E-state index >= 15 is 0 Å². The molecular formula is C16H28IN3O. The molecule has 0 fully saturated rings. The summed E-state index contributed by atoms with van der Waals surface area (Å²) >= 11 is 0. The van der Waals surface area contributed by atoms with Gasteiger partial charge in [-0.3, -0.25) is 4.99 Å². The van der Waals surface area contributed by atoms with Crippen molar-refractivity contribution in [1.82, 2.24) is 5.32 Å². The predicted octanol–water partition coefficient (Wildman–Crippen LogP) is 2.96. The molecule has 0 heterocycles. The molecule has 0 aliphatic carbocycles. The van der Waals surface area contributed by atoms with Crippen molar-refractivity contribution in [2.45, 2.75) is 32.6 Å². The van der Waals surface area contributed by atoms with Crippen LogP contribution in [-0.4, -0.2) is 32.3 Å². The number of hydrogen-bond acceptors (Lipinski definition) is 2. The Morgan fingerprint density at radius 2 is 1.95 bits per heavy atom. The molecule has 0 bridgehead atoms. The van der Waals surface area contributed by atoms with Crippen molar-refractivity contribution in [3.63, 3.8) is 0 Å². The molecule has 3 N–H and O–H groups in total. The van der Waals surface area contributed by atoms with Crippen LogP contribution in [0.3, 0.4) is 0 Å². The zero-order chi connectivity index (χ0) is 14.5. The minimum atomic E-state index is 0. The standard InChI is InChI=1S/C16H27N3O.HI/c1-2-11-18-16(17)19-12-6-7-13-20-14-10-15-8-4-3-5-9-15;/h3-5,8-9H,2,6-7,10-14H2,1H3,(H3,17,18,19);1H. The maximum absolute atomic E-state index is 5.69. The van der Waals surface area contributed by atoms with Gasteiger partial charge in [0.2, 0.25) is 0 Å². The van der Waals surface area contributed by atoms with E-state index in [-0.39, 0.29) is 24.0 Å². The summed E-state index contributed by atoms with van der Waals surface area (Å²) in [7, 11) is 0. The van der Waals surface area contributed by atoms with Crippen LogP contribution in [0.1, 0.15) is 31.7 Å². The molecule has 120 valence electrons. The number of nitrogens with one attached hydrogen (secondary N) is 1. The van der Waals surface area contributed by atoms with Gasteiger partial charge in [0, 0.05) is 19.7 Å². The van der Waals surface area contributed by atoms with E-state index in [1.165, 1.54) is 5.56 Å². The van der Waals surface area contributed by atoms with Crippen molar-refractivity contribution in [3.05, 3.63) is 35.9 Å². The Morgan fingerprint density at radius 1 is 1.19 bits per heavy atom. The summed E-state index contributed by atoms with van der Waals surface area (Å²) in [5.74, 6) is 0.553. The Labute approximate surface area is 145 Å². The fourth-order valence-corrected chi connectivity index (χ4v) is 1.77. The molecule has 0 radical (unpaired) electrons. The van der Waals surface area contributed by atoms with Crippen LogP contribution >= 0.6 is 24.0 Å². The van der Waals surface area contributed by atoms with E-state index in [0.29, 0.717) is 5.96 Å². The third-order valence-corrected chi connectivity index (χ3v) is 2.91. The van der Waals surface area contributed by atoms with Crippen LogP contribution < -0.4 is 11.1 Å². The van der Waals surface area contributed by atoms with Gasteiger partial charge in [0.05, 0.1) is 6.61 Å². The number of hydrogen-bond donors (Lipinski definition) is 2. The second kappa shape index (κ2) is 14.1. The Balaban J connectivity index is 0.00000400. The normalized spacial score (nSPS) is 11.0. The van der Waals surface area contributed by atoms with Gasteiger partial charge < -0.3 is 15.8 Å². The lowest BCUT2D eigenvalue weighted by Crippen LogP contribution is -2.32. The molecular weight excluding hydrogens is 377 g/mol. The smallest absolute Gasteiger partial charge is 0.188 e. The lowest BCUT2D eigenvalue weighted by molar-refractivity contribution is 0.133. The van der Waals surface area contributed by atoms with Gasteiger partial charge in [-0.05, 0) is 31.2 Å². The first-order valence-corrected chi connectivity index (χ1v) is 7.48. The van der Waals surface area contributed by atoms with Gasteiger partial charge in [-0.1, -0.05) is 37.3 Å². The van der Waals surface area contributed by atoms with Crippen molar-refractivity contribution in [2.24, 2.45) is 10.7 Å². The molecule has 0 aromatic heterocycles. The number of nitrogens with zero attached hydrogens (tertiary/aromatic N) is 1. The van der Waals surface area contributed by atoms with Gasteiger partial charge in [0.15, 0.2) is 5.96 Å². The molecule has 5 heteroatoms. The molecule has 0 aliphatic rings. The number of halogens is 1. The zero-order valence-corrected chi connectivity index (χ0v) is 15.2. The van der Waals surface area contributed by atoms with E-state index in [1.54, 1.807) is 0 Å². The van der Waals surface area contributed by atoms with E-state index in [9.17, 15) is 0 Å². The highest BCUT2D eigenvalue weighted by atomic mass is 127. The summed E-state index contributed by atoms with van der Waals surface area (Å²) in [5.41, 5.74) is 7.02. The molecule has 1 aromatic carbocycles. The first kappa shape index (κ1) is 20.2. The molecule has 0 saturated heterocycles. The summed E-state index contributed by atoms with van der Waals surface area (Å²) in [6, 6.07) is 10.4. The maximum atomic E-state index is 5.69. The highest BCUT2D eigenvalue weighted by Gasteiger charge is 1.94. The first-order valence-electron chi connectivity index (χ1n) is 7.48. The summed E-state index contributed by atoms with van der Waals surface area (Å²) in [4.78, 5) is 4.18. The first-order chi connectivity index (χ1) is 9.83. The fraction of sp³-hybridized carbons (Fsp3) is 0.562. The summed E-state index contributed by atoms with van der Waals surface area (Å²) in [6.45, 7) is 5.34. The largest absolute Gasteiger partial charge is 0.381 e. The molecule has 0 aliphatic heterocycles. The second-order valence-corrected chi connectivity index (χ2v) is 4.75. The van der Waals surface area contributed by atoms with Crippen molar-refractivity contribution < 1.29 is 4.74 Å². The Kier molecular flexibility index (Phi) is 13.6. The number of unbranched alkanes of at least 4 members (excludes halogenated alkanes) is 1. The second-order valence-electron chi connectivity index (χ2n) is 4.75. The Morgan fingerprint density at radius 3 is 2.67 bits per heavy atom. The number of rotatable bonds is 10. The van der Waals surface area contributed by atoms with Gasteiger partial charge in [-0.2, -0.15) is 0 Å². The van der Waals surface area contributed by atoms with Gasteiger partial charge in [0.25, 0.3) is 0 Å². The third-order valence-electron chi connectivity index (χ3n) is 2.91. The Hall–Kier alpha value is -0.820. The van der Waals surface area contributed by atoms with Crippen LogP contribution in [0.25, 0.3) is 0 Å². The van der Waals surface area contributed by atoms with Crippen LogP contribution in [0.4, 0.5) is 0 Å². The quantitative estimate of drug-likeness (QED) is 0.272. The predicted molar refractivity (Wildman–Crippen MR) is 100 cm³/mol. The van der Waals surface area contributed by atoms with E-state index < -0.39 is 0 Å². The van der Waals surface area contributed by atoms with Gasteiger partial charge >= 0.3 is 0 Å². The highest BCUT2D eigenvalue weighted by Crippen LogP contribution is 2.00. The Bertz CT molecular complexity index is 371.